The van der Waals surface area contributed by atoms with E-state index in [0.717, 1.165) is 12.1 Å². The van der Waals surface area contributed by atoms with E-state index in [9.17, 15) is 52.7 Å². The van der Waals surface area contributed by atoms with Crippen LogP contribution in [-0.4, -0.2) is 7.11 Å². The van der Waals surface area contributed by atoms with Gasteiger partial charge in [0.25, 0.3) is 0 Å². The molecule has 0 saturated heterocycles. The van der Waals surface area contributed by atoms with Crippen molar-refractivity contribution in [2.45, 2.75) is 24.7 Å². The lowest BCUT2D eigenvalue weighted by Gasteiger charge is -2.28. The Morgan fingerprint density at radius 3 is 1.00 bits per heavy atom. The predicted octanol–water partition coefficient (Wildman–Crippen LogP) is 9.24. The highest BCUT2D eigenvalue weighted by Gasteiger charge is 2.40. The minimum absolute atomic E-state index is 0.142. The first kappa shape index (κ1) is 28.0. The Morgan fingerprint density at radius 2 is 0.757 bits per heavy atom. The number of hydrogen-bond acceptors (Lipinski definition) is 2. The van der Waals surface area contributed by atoms with Crippen molar-refractivity contribution in [3.05, 3.63) is 82.9 Å². The third-order valence-corrected chi connectivity index (χ3v) is 4.99. The van der Waals surface area contributed by atoms with Crippen LogP contribution in [0.2, 0.25) is 0 Å². The summed E-state index contributed by atoms with van der Waals surface area (Å²) in [5.41, 5.74) is -9.60. The summed E-state index contributed by atoms with van der Waals surface area (Å²) in [5.74, 6) is 0.142. The van der Waals surface area contributed by atoms with E-state index in [-0.39, 0.29) is 47.8 Å². The number of alkyl halides is 12. The first-order valence-corrected chi connectivity index (χ1v) is 9.84. The van der Waals surface area contributed by atoms with E-state index in [2.05, 4.69) is 0 Å². The van der Waals surface area contributed by atoms with Gasteiger partial charge in [0.2, 0.25) is 0 Å². The van der Waals surface area contributed by atoms with Crippen molar-refractivity contribution in [3.63, 3.8) is 0 Å². The molecule has 0 atom stereocenters. The summed E-state index contributed by atoms with van der Waals surface area (Å²) in [5, 5.41) is 0. The van der Waals surface area contributed by atoms with Gasteiger partial charge in [0.15, 0.2) is 0 Å². The summed E-state index contributed by atoms with van der Waals surface area (Å²) >= 11 is 0. The van der Waals surface area contributed by atoms with Gasteiger partial charge in [-0.2, -0.15) is 52.7 Å². The number of benzene rings is 3. The Morgan fingerprint density at radius 1 is 0.459 bits per heavy atom. The molecule has 0 saturated carbocycles. The van der Waals surface area contributed by atoms with Crippen LogP contribution in [0.25, 0.3) is 0 Å². The second-order valence-electron chi connectivity index (χ2n) is 7.56. The van der Waals surface area contributed by atoms with Crippen LogP contribution in [0.4, 0.5) is 69.7 Å². The van der Waals surface area contributed by atoms with Crippen molar-refractivity contribution in [1.29, 1.82) is 0 Å². The highest BCUT2D eigenvalue weighted by Crippen LogP contribution is 2.45. The van der Waals surface area contributed by atoms with Gasteiger partial charge in [-0.3, -0.25) is 0 Å². The van der Waals surface area contributed by atoms with Crippen LogP contribution in [0.5, 0.6) is 5.75 Å². The van der Waals surface area contributed by atoms with Gasteiger partial charge < -0.3 is 9.64 Å². The van der Waals surface area contributed by atoms with Crippen LogP contribution >= 0.6 is 0 Å². The summed E-state index contributed by atoms with van der Waals surface area (Å²) in [6.07, 6.45) is -21.3. The number of hydrogen-bond donors (Lipinski definition) is 0. The molecule has 0 fully saturated rings. The van der Waals surface area contributed by atoms with Crippen molar-refractivity contribution < 1.29 is 57.4 Å². The second kappa shape index (κ2) is 9.38. The molecule has 0 aliphatic carbocycles. The zero-order chi connectivity index (χ0) is 28.0. The van der Waals surface area contributed by atoms with Crippen LogP contribution in [0, 0.1) is 0 Å². The standard InChI is InChI=1S/C23H13F12NO/c1-37-19-4-2-16(3-5-19)36(17-8-12(20(24,25)26)6-13(9-17)21(27,28)29)18-10-14(22(30,31)32)7-15(11-18)23(33,34)35/h2-11H,1H3. The number of methoxy groups -OCH3 is 1. The maximum atomic E-state index is 13.4. The maximum Gasteiger partial charge on any atom is 0.416 e. The monoisotopic (exact) mass is 547 g/mol. The number of halogens is 12. The first-order valence-electron chi connectivity index (χ1n) is 9.84. The highest BCUT2D eigenvalue weighted by atomic mass is 19.4. The van der Waals surface area contributed by atoms with Crippen molar-refractivity contribution in [2.75, 3.05) is 12.0 Å². The van der Waals surface area contributed by atoms with Crippen LogP contribution in [0.3, 0.4) is 0 Å². The third-order valence-electron chi connectivity index (χ3n) is 4.99. The van der Waals surface area contributed by atoms with Crippen LogP contribution in [-0.2, 0) is 24.7 Å². The normalized spacial score (nSPS) is 13.0. The molecule has 0 heterocycles. The average molecular weight is 547 g/mol. The van der Waals surface area contributed by atoms with Gasteiger partial charge in [-0.05, 0) is 60.7 Å². The summed E-state index contributed by atoms with van der Waals surface area (Å²) in [6, 6.07) is 4.73. The molecule has 37 heavy (non-hydrogen) atoms. The summed E-state index contributed by atoms with van der Waals surface area (Å²) in [4.78, 5) is 0.425. The molecule has 0 aliphatic rings. The zero-order valence-electron chi connectivity index (χ0n) is 18.2. The van der Waals surface area contributed by atoms with Gasteiger partial charge in [0.05, 0.1) is 29.4 Å². The van der Waals surface area contributed by atoms with E-state index >= 15 is 0 Å². The van der Waals surface area contributed by atoms with E-state index in [0.29, 0.717) is 4.90 Å². The van der Waals surface area contributed by atoms with E-state index in [1.165, 1.54) is 19.2 Å². The summed E-state index contributed by atoms with van der Waals surface area (Å²) < 4.78 is 166. The van der Waals surface area contributed by atoms with E-state index in [1.54, 1.807) is 0 Å². The summed E-state index contributed by atoms with van der Waals surface area (Å²) in [7, 11) is 1.22. The molecule has 200 valence electrons. The van der Waals surface area contributed by atoms with Crippen LogP contribution in [0.15, 0.2) is 60.7 Å². The molecule has 0 spiro atoms. The van der Waals surface area contributed by atoms with Gasteiger partial charge in [-0.25, -0.2) is 0 Å². The molecule has 0 N–H and O–H groups in total. The van der Waals surface area contributed by atoms with Gasteiger partial charge in [-0.1, -0.05) is 0 Å². The van der Waals surface area contributed by atoms with Crippen molar-refractivity contribution in [3.8, 4) is 5.75 Å². The Labute approximate surface area is 200 Å². The van der Waals surface area contributed by atoms with E-state index in [1.807, 2.05) is 0 Å². The first-order chi connectivity index (χ1) is 16.8. The second-order valence-corrected chi connectivity index (χ2v) is 7.56. The molecule has 0 aromatic heterocycles. The van der Waals surface area contributed by atoms with E-state index in [4.69, 9.17) is 4.74 Å². The molecule has 0 bridgehead atoms. The van der Waals surface area contributed by atoms with Crippen molar-refractivity contribution in [1.82, 2.24) is 0 Å². The van der Waals surface area contributed by atoms with Crippen LogP contribution in [0.1, 0.15) is 22.3 Å². The van der Waals surface area contributed by atoms with Crippen LogP contribution < -0.4 is 9.64 Å². The predicted molar refractivity (Wildman–Crippen MR) is 108 cm³/mol. The Bertz CT molecular complexity index is 1120. The molecule has 3 aromatic rings. The number of anilines is 3. The molecule has 2 nitrogen and oxygen atoms in total. The molecule has 0 amide bonds. The quantitative estimate of drug-likeness (QED) is 0.302. The molecular weight excluding hydrogens is 534 g/mol. The largest absolute Gasteiger partial charge is 0.497 e. The van der Waals surface area contributed by atoms with Crippen molar-refractivity contribution in [2.24, 2.45) is 0 Å². The lowest BCUT2D eigenvalue weighted by atomic mass is 10.0. The Hall–Kier alpha value is -3.58. The minimum atomic E-state index is -5.33. The molecule has 3 aromatic carbocycles. The molecule has 0 radical (unpaired) electrons. The Balaban J connectivity index is 2.42. The highest BCUT2D eigenvalue weighted by molar-refractivity contribution is 5.78. The Kier molecular flexibility index (Phi) is 7.10. The molecule has 0 aliphatic heterocycles. The molecular formula is C23H13F12NO. The lowest BCUT2D eigenvalue weighted by Crippen LogP contribution is -2.18. The number of nitrogens with zero attached hydrogens (tertiary/aromatic N) is 1. The maximum absolute atomic E-state index is 13.4. The topological polar surface area (TPSA) is 12.5 Å². The van der Waals surface area contributed by atoms with Gasteiger partial charge >= 0.3 is 24.7 Å². The fourth-order valence-electron chi connectivity index (χ4n) is 3.31. The minimum Gasteiger partial charge on any atom is -0.497 e. The lowest BCUT2D eigenvalue weighted by molar-refractivity contribution is -0.144. The fourth-order valence-corrected chi connectivity index (χ4v) is 3.31. The third kappa shape index (κ3) is 6.41. The fraction of sp³-hybridized carbons (Fsp3) is 0.217. The van der Waals surface area contributed by atoms with Gasteiger partial charge in [0.1, 0.15) is 5.75 Å². The molecule has 0 unspecified atom stereocenters. The smallest absolute Gasteiger partial charge is 0.416 e. The van der Waals surface area contributed by atoms with E-state index < -0.39 is 58.3 Å². The SMILES string of the molecule is COc1ccc(N(c2cc(C(F)(F)F)cc(C(F)(F)F)c2)c2cc(C(F)(F)F)cc(C(F)(F)F)c2)cc1. The molecule has 14 heteroatoms. The zero-order valence-corrected chi connectivity index (χ0v) is 18.2. The number of ether oxygens (including phenoxy) is 1. The average Bonchev–Trinajstić information content (AvgIpc) is 2.77. The van der Waals surface area contributed by atoms with Gasteiger partial charge in [-0.15, -0.1) is 0 Å². The summed E-state index contributed by atoms with van der Waals surface area (Å²) in [6.45, 7) is 0. The molecule has 3 rings (SSSR count). The number of rotatable bonds is 4. The van der Waals surface area contributed by atoms with Gasteiger partial charge in [0, 0.05) is 17.1 Å². The van der Waals surface area contributed by atoms with Crippen molar-refractivity contribution >= 4 is 17.1 Å².